The quantitative estimate of drug-likeness (QED) is 0.516. The lowest BCUT2D eigenvalue weighted by molar-refractivity contribution is 0.0642. The summed E-state index contributed by atoms with van der Waals surface area (Å²) in [5.41, 5.74) is 2.81. The van der Waals surface area contributed by atoms with E-state index in [0.29, 0.717) is 11.1 Å². The van der Waals surface area contributed by atoms with Gasteiger partial charge in [-0.3, -0.25) is 19.4 Å². The summed E-state index contributed by atoms with van der Waals surface area (Å²) >= 11 is 1.85. The van der Waals surface area contributed by atoms with E-state index < -0.39 is 0 Å². The predicted molar refractivity (Wildman–Crippen MR) is 130 cm³/mol. The lowest BCUT2D eigenvalue weighted by Gasteiger charge is -2.36. The summed E-state index contributed by atoms with van der Waals surface area (Å²) in [5, 5.41) is 0. The minimum Gasteiger partial charge on any atom is -0.497 e. The van der Waals surface area contributed by atoms with Gasteiger partial charge in [0.05, 0.1) is 30.5 Å². The third kappa shape index (κ3) is 4.26. The molecule has 0 N–H and O–H groups in total. The summed E-state index contributed by atoms with van der Waals surface area (Å²) < 4.78 is 5.20. The molecule has 170 valence electrons. The summed E-state index contributed by atoms with van der Waals surface area (Å²) in [5.74, 6) is 0.314. The van der Waals surface area contributed by atoms with Gasteiger partial charge in [0, 0.05) is 42.5 Å². The van der Waals surface area contributed by atoms with Crippen LogP contribution in [0.3, 0.4) is 0 Å². The molecule has 3 aromatic rings. The van der Waals surface area contributed by atoms with Gasteiger partial charge in [-0.05, 0) is 48.9 Å². The molecule has 2 aliphatic rings. The number of hydrogen-bond donors (Lipinski definition) is 0. The first kappa shape index (κ1) is 21.7. The molecule has 2 aliphatic heterocycles. The van der Waals surface area contributed by atoms with Crippen LogP contribution in [0.1, 0.15) is 36.0 Å². The van der Waals surface area contributed by atoms with Crippen molar-refractivity contribution in [2.75, 3.05) is 38.2 Å². The first-order valence-electron chi connectivity index (χ1n) is 11.2. The van der Waals surface area contributed by atoms with Gasteiger partial charge in [-0.2, -0.15) is 0 Å². The van der Waals surface area contributed by atoms with Gasteiger partial charge < -0.3 is 9.64 Å². The number of piperazine rings is 1. The first-order chi connectivity index (χ1) is 16.0. The van der Waals surface area contributed by atoms with Gasteiger partial charge in [-0.15, -0.1) is 11.3 Å². The molecule has 2 aromatic carbocycles. The number of rotatable bonds is 6. The van der Waals surface area contributed by atoms with Crippen molar-refractivity contribution in [1.82, 2.24) is 9.80 Å². The average molecular weight is 462 g/mol. The Bertz CT molecular complexity index is 1180. The number of methoxy groups -OCH3 is 1. The van der Waals surface area contributed by atoms with Crippen LogP contribution in [-0.4, -0.2) is 54.9 Å². The monoisotopic (exact) mass is 461 g/mol. The van der Waals surface area contributed by atoms with Gasteiger partial charge in [0.2, 0.25) is 0 Å². The number of fused-ring (bicyclic) bond motifs is 1. The Kier molecular flexibility index (Phi) is 5.91. The molecule has 0 saturated carbocycles. The average Bonchev–Trinajstić information content (AvgIpc) is 3.36. The molecule has 7 heteroatoms. The molecule has 3 heterocycles. The number of thiophene rings is 1. The van der Waals surface area contributed by atoms with E-state index in [1.807, 2.05) is 47.7 Å². The van der Waals surface area contributed by atoms with Crippen LogP contribution in [-0.2, 0) is 13.1 Å². The van der Waals surface area contributed by atoms with Crippen molar-refractivity contribution in [3.05, 3.63) is 81.0 Å². The number of ether oxygens (including phenoxy) is 1. The Morgan fingerprint density at radius 1 is 0.879 bits per heavy atom. The Hall–Kier alpha value is -3.16. The maximum atomic E-state index is 13.4. The second kappa shape index (κ2) is 9.00. The molecule has 2 amide bonds. The molecule has 0 atom stereocenters. The standard InChI is InChI=1S/C26H27N3O3S/c1-18-6-11-21(33-18)17-27-12-14-28(15-13-27)23-5-3-4-22-24(23)26(31)29(25(22)30)16-19-7-9-20(32-2)10-8-19/h3-11H,12-17H2,1-2H3. The van der Waals surface area contributed by atoms with Crippen molar-refractivity contribution in [3.63, 3.8) is 0 Å². The zero-order chi connectivity index (χ0) is 22.9. The number of anilines is 1. The zero-order valence-electron chi connectivity index (χ0n) is 18.9. The number of aryl methyl sites for hydroxylation is 1. The number of benzene rings is 2. The molecular formula is C26H27N3O3S. The summed E-state index contributed by atoms with van der Waals surface area (Å²) in [6.45, 7) is 6.88. The van der Waals surface area contributed by atoms with Crippen molar-refractivity contribution in [2.45, 2.75) is 20.0 Å². The fraction of sp³-hybridized carbons (Fsp3) is 0.308. The molecular weight excluding hydrogens is 434 g/mol. The van der Waals surface area contributed by atoms with Crippen molar-refractivity contribution in [1.29, 1.82) is 0 Å². The molecule has 0 bridgehead atoms. The Balaban J connectivity index is 1.30. The van der Waals surface area contributed by atoms with Crippen LogP contribution >= 0.6 is 11.3 Å². The van der Waals surface area contributed by atoms with Crippen LogP contribution in [0, 0.1) is 6.92 Å². The number of nitrogens with zero attached hydrogens (tertiary/aromatic N) is 3. The first-order valence-corrected chi connectivity index (χ1v) is 12.0. The molecule has 5 rings (SSSR count). The topological polar surface area (TPSA) is 53.1 Å². The highest BCUT2D eigenvalue weighted by Crippen LogP contribution is 2.33. The smallest absolute Gasteiger partial charge is 0.263 e. The maximum Gasteiger partial charge on any atom is 0.263 e. The Morgan fingerprint density at radius 2 is 1.64 bits per heavy atom. The molecule has 0 aliphatic carbocycles. The molecule has 6 nitrogen and oxygen atoms in total. The zero-order valence-corrected chi connectivity index (χ0v) is 19.7. The highest BCUT2D eigenvalue weighted by atomic mass is 32.1. The summed E-state index contributed by atoms with van der Waals surface area (Å²) in [4.78, 5) is 35.2. The van der Waals surface area contributed by atoms with E-state index >= 15 is 0 Å². The molecule has 0 unspecified atom stereocenters. The van der Waals surface area contributed by atoms with Crippen LogP contribution in [0.4, 0.5) is 5.69 Å². The van der Waals surface area contributed by atoms with Gasteiger partial charge in [-0.25, -0.2) is 0 Å². The lowest BCUT2D eigenvalue weighted by atomic mass is 10.1. The number of carbonyl (C=O) groups is 2. The van der Waals surface area contributed by atoms with E-state index in [9.17, 15) is 9.59 Å². The summed E-state index contributed by atoms with van der Waals surface area (Å²) in [7, 11) is 1.61. The van der Waals surface area contributed by atoms with E-state index in [0.717, 1.165) is 49.7 Å². The Morgan fingerprint density at radius 3 is 2.30 bits per heavy atom. The predicted octanol–water partition coefficient (Wildman–Crippen LogP) is 4.18. The van der Waals surface area contributed by atoms with E-state index in [1.165, 1.54) is 14.7 Å². The molecule has 1 fully saturated rings. The number of amides is 2. The van der Waals surface area contributed by atoms with Gasteiger partial charge >= 0.3 is 0 Å². The van der Waals surface area contributed by atoms with E-state index in [-0.39, 0.29) is 18.4 Å². The number of imide groups is 1. The van der Waals surface area contributed by atoms with Crippen molar-refractivity contribution in [3.8, 4) is 5.75 Å². The fourth-order valence-electron chi connectivity index (χ4n) is 4.57. The SMILES string of the molecule is COc1ccc(CN2C(=O)c3cccc(N4CCN(Cc5ccc(C)s5)CC4)c3C2=O)cc1. The van der Waals surface area contributed by atoms with Crippen LogP contribution in [0.2, 0.25) is 0 Å². The third-order valence-corrected chi connectivity index (χ3v) is 7.35. The second-order valence-corrected chi connectivity index (χ2v) is 9.89. The minimum atomic E-state index is -0.223. The Labute approximate surface area is 198 Å². The normalized spacial score (nSPS) is 16.4. The number of carbonyl (C=O) groups excluding carboxylic acids is 2. The largest absolute Gasteiger partial charge is 0.497 e. The summed E-state index contributed by atoms with van der Waals surface area (Å²) in [6.07, 6.45) is 0. The maximum absolute atomic E-state index is 13.4. The van der Waals surface area contributed by atoms with Gasteiger partial charge in [-0.1, -0.05) is 18.2 Å². The second-order valence-electron chi connectivity index (χ2n) is 8.52. The van der Waals surface area contributed by atoms with Crippen LogP contribution in [0.15, 0.2) is 54.6 Å². The molecule has 0 radical (unpaired) electrons. The molecule has 0 spiro atoms. The van der Waals surface area contributed by atoms with Gasteiger partial charge in [0.15, 0.2) is 0 Å². The lowest BCUT2D eigenvalue weighted by Crippen LogP contribution is -2.46. The third-order valence-electron chi connectivity index (χ3n) is 6.37. The van der Waals surface area contributed by atoms with Crippen molar-refractivity contribution in [2.24, 2.45) is 0 Å². The number of hydrogen-bond acceptors (Lipinski definition) is 6. The molecule has 1 aromatic heterocycles. The van der Waals surface area contributed by atoms with Crippen molar-refractivity contribution < 1.29 is 14.3 Å². The van der Waals surface area contributed by atoms with Gasteiger partial charge in [0.1, 0.15) is 5.75 Å². The van der Waals surface area contributed by atoms with E-state index in [2.05, 4.69) is 28.9 Å². The van der Waals surface area contributed by atoms with Crippen molar-refractivity contribution >= 4 is 28.8 Å². The molecule has 1 saturated heterocycles. The van der Waals surface area contributed by atoms with Gasteiger partial charge in [0.25, 0.3) is 11.8 Å². The minimum absolute atomic E-state index is 0.210. The van der Waals surface area contributed by atoms with Crippen LogP contribution < -0.4 is 9.64 Å². The summed E-state index contributed by atoms with van der Waals surface area (Å²) in [6, 6.07) is 17.5. The van der Waals surface area contributed by atoms with E-state index in [4.69, 9.17) is 4.74 Å². The van der Waals surface area contributed by atoms with Crippen LogP contribution in [0.5, 0.6) is 5.75 Å². The van der Waals surface area contributed by atoms with Crippen LogP contribution in [0.25, 0.3) is 0 Å². The van der Waals surface area contributed by atoms with E-state index in [1.54, 1.807) is 13.2 Å². The fourth-order valence-corrected chi connectivity index (χ4v) is 5.51. The highest BCUT2D eigenvalue weighted by molar-refractivity contribution is 7.11. The molecule has 33 heavy (non-hydrogen) atoms. The highest BCUT2D eigenvalue weighted by Gasteiger charge is 2.38.